The van der Waals surface area contributed by atoms with Crippen molar-refractivity contribution in [3.8, 4) is 22.6 Å². The van der Waals surface area contributed by atoms with Crippen LogP contribution in [0.2, 0.25) is 0 Å². The number of amides is 4. The van der Waals surface area contributed by atoms with Crippen LogP contribution < -0.4 is 15.1 Å². The zero-order valence-corrected chi connectivity index (χ0v) is 34.0. The van der Waals surface area contributed by atoms with Gasteiger partial charge in [0, 0.05) is 80.3 Å². The molecule has 14 heteroatoms. The Morgan fingerprint density at radius 2 is 1.48 bits per heavy atom. The summed E-state index contributed by atoms with van der Waals surface area (Å²) >= 11 is 0. The first-order valence-electron chi connectivity index (χ1n) is 21.2. The monoisotopic (exact) mass is 807 g/mol. The van der Waals surface area contributed by atoms with Gasteiger partial charge in [0.25, 0.3) is 11.8 Å². The molecule has 0 spiro atoms. The fourth-order valence-corrected chi connectivity index (χ4v) is 10.4. The summed E-state index contributed by atoms with van der Waals surface area (Å²) in [4.78, 5) is 87.3. The van der Waals surface area contributed by atoms with Crippen LogP contribution in [-0.4, -0.2) is 130 Å². The van der Waals surface area contributed by atoms with E-state index < -0.39 is 23.8 Å². The number of piperazine rings is 1. The number of piperidine rings is 2. The summed E-state index contributed by atoms with van der Waals surface area (Å²) in [5, 5.41) is 2.28. The van der Waals surface area contributed by atoms with Crippen LogP contribution in [0.3, 0.4) is 0 Å². The number of carbonyl (C=O) groups excluding carboxylic acids is 5. The van der Waals surface area contributed by atoms with Gasteiger partial charge in [-0.1, -0.05) is 36.4 Å². The molecule has 5 aliphatic heterocycles. The lowest BCUT2D eigenvalue weighted by molar-refractivity contribution is -0.136. The Bertz CT molecular complexity index is 2550. The maximum atomic E-state index is 13.7. The van der Waals surface area contributed by atoms with E-state index in [2.05, 4.69) is 53.1 Å². The van der Waals surface area contributed by atoms with E-state index in [4.69, 9.17) is 4.98 Å². The highest BCUT2D eigenvalue weighted by Gasteiger charge is 2.46. The molecular formula is C46H49N9O5. The number of nitrogens with one attached hydrogen (secondary N) is 3. The van der Waals surface area contributed by atoms with E-state index in [-0.39, 0.29) is 24.5 Å². The Morgan fingerprint density at radius 3 is 2.23 bits per heavy atom. The quantitative estimate of drug-likeness (QED) is 0.144. The van der Waals surface area contributed by atoms with Gasteiger partial charge in [-0.25, -0.2) is 4.98 Å². The normalized spacial score (nSPS) is 22.0. The van der Waals surface area contributed by atoms with Gasteiger partial charge < -0.3 is 19.8 Å². The predicted octanol–water partition coefficient (Wildman–Crippen LogP) is 5.00. The third-order valence-corrected chi connectivity index (χ3v) is 13.5. The van der Waals surface area contributed by atoms with E-state index in [1.807, 2.05) is 49.4 Å². The first-order chi connectivity index (χ1) is 29.1. The average molecular weight is 808 g/mol. The molecule has 2 atom stereocenters. The Kier molecular flexibility index (Phi) is 9.63. The Balaban J connectivity index is 0.751. The highest BCUT2D eigenvalue weighted by atomic mass is 16.2. The maximum absolute atomic E-state index is 13.7. The number of aromatic amines is 2. The molecule has 2 unspecified atom stereocenters. The van der Waals surface area contributed by atoms with Crippen LogP contribution in [0.4, 0.5) is 11.4 Å². The number of hydrogen-bond acceptors (Lipinski definition) is 10. The fraction of sp³-hybridized carbons (Fsp3) is 0.391. The lowest BCUT2D eigenvalue weighted by Crippen LogP contribution is -2.54. The van der Waals surface area contributed by atoms with Crippen molar-refractivity contribution in [1.82, 2.24) is 35.0 Å². The summed E-state index contributed by atoms with van der Waals surface area (Å²) in [5.41, 5.74) is 8.66. The molecule has 3 aromatic carbocycles. The Hall–Kier alpha value is -6.12. The van der Waals surface area contributed by atoms with Crippen molar-refractivity contribution >= 4 is 51.8 Å². The number of hydrogen-bond donors (Lipinski definition) is 3. The number of anilines is 2. The minimum absolute atomic E-state index is 0.0209. The number of aromatic nitrogens is 3. The molecule has 3 N–H and O–H groups in total. The predicted molar refractivity (Wildman–Crippen MR) is 228 cm³/mol. The summed E-state index contributed by atoms with van der Waals surface area (Å²) < 4.78 is 0. The van der Waals surface area contributed by atoms with Crippen LogP contribution >= 0.6 is 0 Å². The van der Waals surface area contributed by atoms with Crippen LogP contribution in [0.15, 0.2) is 66.7 Å². The van der Waals surface area contributed by atoms with Crippen molar-refractivity contribution in [1.29, 1.82) is 0 Å². The third-order valence-electron chi connectivity index (χ3n) is 13.5. The Labute approximate surface area is 347 Å². The van der Waals surface area contributed by atoms with E-state index in [0.717, 1.165) is 116 Å². The second-order valence-corrected chi connectivity index (χ2v) is 16.9. The van der Waals surface area contributed by atoms with Gasteiger partial charge in [0.05, 0.1) is 33.5 Å². The molecule has 10 rings (SSSR count). The molecule has 60 heavy (non-hydrogen) atoms. The molecule has 4 saturated heterocycles. The molecule has 4 fully saturated rings. The molecule has 2 aromatic heterocycles. The van der Waals surface area contributed by atoms with E-state index in [1.54, 1.807) is 13.0 Å². The van der Waals surface area contributed by atoms with Gasteiger partial charge in [0.1, 0.15) is 6.04 Å². The second-order valence-electron chi connectivity index (χ2n) is 16.9. The van der Waals surface area contributed by atoms with Gasteiger partial charge >= 0.3 is 0 Å². The smallest absolute Gasteiger partial charge is 0.264 e. The summed E-state index contributed by atoms with van der Waals surface area (Å²) in [7, 11) is 0. The van der Waals surface area contributed by atoms with Gasteiger partial charge in [-0.05, 0) is 88.5 Å². The van der Waals surface area contributed by atoms with Crippen molar-refractivity contribution < 1.29 is 24.0 Å². The number of Topliss-reactive ketones (excluding diaryl/α,β-unsaturated/α-hetero) is 1. The first-order valence-corrected chi connectivity index (χ1v) is 21.2. The molecule has 308 valence electrons. The highest BCUT2D eigenvalue weighted by Crippen LogP contribution is 2.39. The lowest BCUT2D eigenvalue weighted by Gasteiger charge is -2.44. The lowest BCUT2D eigenvalue weighted by atomic mass is 9.98. The number of fused-ring (bicyclic) bond motifs is 2. The summed E-state index contributed by atoms with van der Waals surface area (Å²) in [5.74, 6) is -1.16. The largest absolute Gasteiger partial charge is 0.369 e. The van der Waals surface area contributed by atoms with E-state index in [1.165, 1.54) is 5.69 Å². The molecule has 14 nitrogen and oxygen atoms in total. The summed E-state index contributed by atoms with van der Waals surface area (Å²) in [6.07, 6.45) is 3.45. The molecule has 0 aliphatic carbocycles. The van der Waals surface area contributed by atoms with Crippen molar-refractivity contribution in [2.75, 3.05) is 62.2 Å². The van der Waals surface area contributed by atoms with Crippen LogP contribution in [0.5, 0.6) is 0 Å². The number of aryl methyl sites for hydroxylation is 1. The molecule has 7 heterocycles. The zero-order valence-electron chi connectivity index (χ0n) is 34.0. The fourth-order valence-electron chi connectivity index (χ4n) is 10.4. The highest BCUT2D eigenvalue weighted by molar-refractivity contribution is 6.25. The topological polar surface area (TPSA) is 158 Å². The van der Waals surface area contributed by atoms with Crippen molar-refractivity contribution in [2.24, 2.45) is 0 Å². The first kappa shape index (κ1) is 38.1. The van der Waals surface area contributed by atoms with Crippen molar-refractivity contribution in [2.45, 2.75) is 64.1 Å². The summed E-state index contributed by atoms with van der Waals surface area (Å²) in [6, 6.07) is 21.8. The van der Waals surface area contributed by atoms with Crippen molar-refractivity contribution in [3.05, 3.63) is 89.1 Å². The zero-order chi connectivity index (χ0) is 41.2. The molecule has 5 aromatic rings. The van der Waals surface area contributed by atoms with E-state index in [9.17, 15) is 24.0 Å². The standard InChI is InChI=1S/C46H49N9O5/c1-27-39(28(2)56)40(29-7-4-3-5-8-29)42(47-27)43-48-34-12-11-31(25-35(34)49-43)53-23-21-52(22-24-53)30-15-18-51(19-16-30)32-17-20-54(26-32)36-10-6-9-33-41(36)46(60)55(45(33)59)37-13-14-38(57)50-44(37)58/h3-12,25,30,32,37,47H,13-24,26H2,1-2H3,(H,48,49)(H,50,57,58). The van der Waals surface area contributed by atoms with Gasteiger partial charge in [-0.15, -0.1) is 0 Å². The maximum Gasteiger partial charge on any atom is 0.264 e. The summed E-state index contributed by atoms with van der Waals surface area (Å²) in [6.45, 7) is 11.1. The van der Waals surface area contributed by atoms with Gasteiger partial charge in [0.15, 0.2) is 11.6 Å². The number of likely N-dealkylation sites (tertiary alicyclic amines) is 1. The minimum atomic E-state index is -0.974. The number of carbonyl (C=O) groups is 5. The SMILES string of the molecule is CC(=O)c1c(C)[nH]c(-c2nc3ccc(N4CCN(C5CCN(C6CCN(c7cccc8c7C(=O)N(C7CCC(=O)NC7=O)C8=O)C6)CC5)CC4)cc3[nH]2)c1-c1ccccc1. The average Bonchev–Trinajstić information content (AvgIpc) is 4.05. The van der Waals surface area contributed by atoms with Crippen molar-refractivity contribution in [3.63, 3.8) is 0 Å². The molecule has 4 amide bonds. The van der Waals surface area contributed by atoms with Crippen LogP contribution in [0.25, 0.3) is 33.7 Å². The number of imide groups is 2. The number of H-pyrrole nitrogens is 2. The molecule has 0 saturated carbocycles. The number of ketones is 1. The van der Waals surface area contributed by atoms with Crippen LogP contribution in [0.1, 0.15) is 75.8 Å². The van der Waals surface area contributed by atoms with Gasteiger partial charge in [-0.2, -0.15) is 0 Å². The van der Waals surface area contributed by atoms with E-state index in [0.29, 0.717) is 34.6 Å². The Morgan fingerprint density at radius 1 is 0.733 bits per heavy atom. The van der Waals surface area contributed by atoms with Crippen LogP contribution in [0, 0.1) is 6.92 Å². The third kappa shape index (κ3) is 6.58. The number of nitrogens with zero attached hydrogens (tertiary/aromatic N) is 6. The second kappa shape index (κ2) is 15.2. The molecular weight excluding hydrogens is 759 g/mol. The molecule has 0 bridgehead atoms. The number of imidazole rings is 1. The van der Waals surface area contributed by atoms with E-state index >= 15 is 0 Å². The minimum Gasteiger partial charge on any atom is -0.369 e. The van der Waals surface area contributed by atoms with Gasteiger partial charge in [-0.3, -0.25) is 44.0 Å². The van der Waals surface area contributed by atoms with Crippen LogP contribution in [-0.2, 0) is 9.59 Å². The number of rotatable bonds is 8. The number of benzene rings is 3. The van der Waals surface area contributed by atoms with Gasteiger partial charge in [0.2, 0.25) is 11.8 Å². The molecule has 0 radical (unpaired) electrons. The molecule has 5 aliphatic rings.